The number of pyridine rings is 1. The van der Waals surface area contributed by atoms with Gasteiger partial charge in [-0.2, -0.15) is 4.52 Å². The van der Waals surface area contributed by atoms with Gasteiger partial charge in [-0.15, -0.1) is 5.10 Å². The second-order valence-corrected chi connectivity index (χ2v) is 10.0. The van der Waals surface area contributed by atoms with Gasteiger partial charge in [0, 0.05) is 24.9 Å². The molecule has 0 bridgehead atoms. The summed E-state index contributed by atoms with van der Waals surface area (Å²) in [7, 11) is 0. The highest BCUT2D eigenvalue weighted by Crippen LogP contribution is 2.47. The summed E-state index contributed by atoms with van der Waals surface area (Å²) >= 11 is 0. The van der Waals surface area contributed by atoms with Crippen LogP contribution in [0.1, 0.15) is 54.5 Å². The quantitative estimate of drug-likeness (QED) is 0.412. The molecular formula is C27H29FN6O3. The van der Waals surface area contributed by atoms with Gasteiger partial charge in [0.25, 0.3) is 5.91 Å². The van der Waals surface area contributed by atoms with Gasteiger partial charge in [0.2, 0.25) is 11.7 Å². The number of nitrogens with one attached hydrogen (secondary N) is 1. The van der Waals surface area contributed by atoms with Crippen LogP contribution in [0.15, 0.2) is 34.9 Å². The summed E-state index contributed by atoms with van der Waals surface area (Å²) in [5.74, 6) is 1.21. The third kappa shape index (κ3) is 4.35. The van der Waals surface area contributed by atoms with Gasteiger partial charge in [-0.25, -0.2) is 14.4 Å². The van der Waals surface area contributed by atoms with Crippen molar-refractivity contribution < 1.29 is 18.3 Å². The second-order valence-electron chi connectivity index (χ2n) is 10.0. The molecule has 1 aliphatic heterocycles. The van der Waals surface area contributed by atoms with Gasteiger partial charge in [0.15, 0.2) is 11.5 Å². The summed E-state index contributed by atoms with van der Waals surface area (Å²) in [6, 6.07) is 7.08. The van der Waals surface area contributed by atoms with Gasteiger partial charge in [0.1, 0.15) is 11.6 Å². The molecule has 0 spiro atoms. The number of hydrogen-bond donors (Lipinski definition) is 1. The summed E-state index contributed by atoms with van der Waals surface area (Å²) in [5, 5.41) is 7.35. The molecule has 2 aliphatic rings. The van der Waals surface area contributed by atoms with E-state index in [9.17, 15) is 9.18 Å². The number of fused-ring (bicyclic) bond motifs is 1. The number of carbonyl (C=O) groups excluding carboxylic acids is 1. The average Bonchev–Trinajstić information content (AvgIpc) is 3.30. The number of aromatic nitrogens is 4. The molecule has 1 aliphatic carbocycles. The maximum absolute atomic E-state index is 15.0. The third-order valence-corrected chi connectivity index (χ3v) is 7.23. The van der Waals surface area contributed by atoms with Crippen molar-refractivity contribution in [1.82, 2.24) is 19.6 Å². The van der Waals surface area contributed by atoms with E-state index in [0.717, 1.165) is 54.3 Å². The largest absolute Gasteiger partial charge is 0.435 e. The van der Waals surface area contributed by atoms with E-state index in [4.69, 9.17) is 9.15 Å². The molecule has 1 saturated carbocycles. The first-order chi connectivity index (χ1) is 17.8. The number of halogens is 1. The van der Waals surface area contributed by atoms with Crippen LogP contribution >= 0.6 is 0 Å². The highest BCUT2D eigenvalue weighted by molar-refractivity contribution is 6.02. The van der Waals surface area contributed by atoms with Crippen molar-refractivity contribution in [3.05, 3.63) is 59.3 Å². The zero-order chi connectivity index (χ0) is 25.7. The maximum atomic E-state index is 15.0. The van der Waals surface area contributed by atoms with Crippen LogP contribution < -0.4 is 10.2 Å². The first-order valence-corrected chi connectivity index (χ1v) is 12.7. The molecule has 3 aromatic heterocycles. The highest BCUT2D eigenvalue weighted by Gasteiger charge is 2.44. The molecule has 0 atom stereocenters. The molecule has 9 nitrogen and oxygen atoms in total. The molecule has 2 fully saturated rings. The molecule has 6 rings (SSSR count). The summed E-state index contributed by atoms with van der Waals surface area (Å²) < 4.78 is 28.1. The molecule has 192 valence electrons. The van der Waals surface area contributed by atoms with E-state index in [-0.39, 0.29) is 16.9 Å². The minimum absolute atomic E-state index is 0.0660. The van der Waals surface area contributed by atoms with E-state index in [1.807, 2.05) is 37.4 Å². The SMILES string of the molecule is CCc1nc2cc(-c3cc(NC(=O)c4cnc(C5(C)CC5)o4)c(F)cc3C)cc(N3CCOCC3)n2n1. The van der Waals surface area contributed by atoms with Crippen molar-refractivity contribution in [1.29, 1.82) is 0 Å². The van der Waals surface area contributed by atoms with E-state index in [2.05, 4.69) is 25.3 Å². The number of rotatable bonds is 6. The van der Waals surface area contributed by atoms with Gasteiger partial charge in [-0.1, -0.05) is 13.8 Å². The fourth-order valence-electron chi connectivity index (χ4n) is 4.66. The Morgan fingerprint density at radius 1 is 1.19 bits per heavy atom. The lowest BCUT2D eigenvalue weighted by molar-refractivity contribution is 0.0993. The van der Waals surface area contributed by atoms with Crippen molar-refractivity contribution in [2.45, 2.75) is 45.4 Å². The molecular weight excluding hydrogens is 475 g/mol. The van der Waals surface area contributed by atoms with Crippen LogP contribution in [0.3, 0.4) is 0 Å². The Labute approximate surface area is 213 Å². The normalized spacial score (nSPS) is 16.8. The molecule has 1 amide bonds. The Bertz CT molecular complexity index is 1500. The number of carbonyl (C=O) groups is 1. The fourth-order valence-corrected chi connectivity index (χ4v) is 4.66. The van der Waals surface area contributed by atoms with Crippen molar-refractivity contribution >= 4 is 23.1 Å². The minimum Gasteiger partial charge on any atom is -0.435 e. The number of benzene rings is 1. The molecule has 4 aromatic rings. The highest BCUT2D eigenvalue weighted by atomic mass is 19.1. The lowest BCUT2D eigenvalue weighted by Crippen LogP contribution is -2.37. The van der Waals surface area contributed by atoms with Crippen molar-refractivity contribution in [2.75, 3.05) is 36.5 Å². The van der Waals surface area contributed by atoms with Crippen LogP contribution in [0.2, 0.25) is 0 Å². The average molecular weight is 505 g/mol. The van der Waals surface area contributed by atoms with Crippen molar-refractivity contribution in [3.8, 4) is 11.1 Å². The number of amides is 1. The van der Waals surface area contributed by atoms with Gasteiger partial charge in [-0.3, -0.25) is 4.79 Å². The molecule has 0 unspecified atom stereocenters. The summed E-state index contributed by atoms with van der Waals surface area (Å²) in [6.07, 6.45) is 4.08. The molecule has 37 heavy (non-hydrogen) atoms. The van der Waals surface area contributed by atoms with E-state index in [1.165, 1.54) is 12.3 Å². The Kier molecular flexibility index (Phi) is 5.71. The minimum atomic E-state index is -0.536. The predicted molar refractivity (Wildman–Crippen MR) is 137 cm³/mol. The first-order valence-electron chi connectivity index (χ1n) is 12.7. The molecule has 10 heteroatoms. The van der Waals surface area contributed by atoms with E-state index < -0.39 is 11.7 Å². The van der Waals surface area contributed by atoms with Gasteiger partial charge >= 0.3 is 0 Å². The van der Waals surface area contributed by atoms with E-state index >= 15 is 0 Å². The zero-order valence-electron chi connectivity index (χ0n) is 21.2. The number of morpholine rings is 1. The van der Waals surface area contributed by atoms with Gasteiger partial charge in [0.05, 0.1) is 25.1 Å². The van der Waals surface area contributed by atoms with Crippen LogP contribution in [-0.4, -0.2) is 51.8 Å². The number of anilines is 2. The molecule has 1 saturated heterocycles. The Balaban J connectivity index is 1.37. The predicted octanol–water partition coefficient (Wildman–Crippen LogP) is 4.53. The zero-order valence-corrected chi connectivity index (χ0v) is 21.2. The first kappa shape index (κ1) is 23.6. The number of nitrogens with zero attached hydrogens (tertiary/aromatic N) is 5. The Morgan fingerprint density at radius 2 is 1.97 bits per heavy atom. The van der Waals surface area contributed by atoms with Gasteiger partial charge < -0.3 is 19.4 Å². The molecule has 1 aromatic carbocycles. The third-order valence-electron chi connectivity index (χ3n) is 7.23. The standard InChI is InChI=1S/C27H29FN6O3/c1-4-22-31-23-12-17(13-24(34(23)32-22)33-7-9-36-10-8-33)18-14-20(19(28)11-16(18)2)30-25(35)21-15-29-26(37-21)27(3)5-6-27/h11-15H,4-10H2,1-3H3,(H,30,35). The number of hydrogen-bond acceptors (Lipinski definition) is 7. The van der Waals surface area contributed by atoms with Crippen LogP contribution in [0.5, 0.6) is 0 Å². The number of oxazole rings is 1. The lowest BCUT2D eigenvalue weighted by Gasteiger charge is -2.29. The second kappa shape index (κ2) is 8.95. The Hall–Kier alpha value is -3.79. The molecule has 1 N–H and O–H groups in total. The molecule has 0 radical (unpaired) electrons. The van der Waals surface area contributed by atoms with Crippen LogP contribution in [0.25, 0.3) is 16.8 Å². The lowest BCUT2D eigenvalue weighted by atomic mass is 9.99. The van der Waals surface area contributed by atoms with E-state index in [0.29, 0.717) is 31.2 Å². The topological polar surface area (TPSA) is 97.8 Å². The fraction of sp³-hybridized carbons (Fsp3) is 0.407. The smallest absolute Gasteiger partial charge is 0.293 e. The van der Waals surface area contributed by atoms with Crippen LogP contribution in [0.4, 0.5) is 15.9 Å². The van der Waals surface area contributed by atoms with Crippen LogP contribution in [0, 0.1) is 12.7 Å². The van der Waals surface area contributed by atoms with Gasteiger partial charge in [-0.05, 0) is 60.7 Å². The Morgan fingerprint density at radius 3 is 2.70 bits per heavy atom. The summed E-state index contributed by atoms with van der Waals surface area (Å²) in [6.45, 7) is 8.66. The monoisotopic (exact) mass is 504 g/mol. The summed E-state index contributed by atoms with van der Waals surface area (Å²) in [5.41, 5.74) is 3.08. The maximum Gasteiger partial charge on any atom is 0.293 e. The number of ether oxygens (including phenoxy) is 1. The van der Waals surface area contributed by atoms with Crippen molar-refractivity contribution in [2.24, 2.45) is 0 Å². The van der Waals surface area contributed by atoms with E-state index in [1.54, 1.807) is 6.07 Å². The number of aryl methyl sites for hydroxylation is 2. The van der Waals surface area contributed by atoms with Crippen molar-refractivity contribution in [3.63, 3.8) is 0 Å². The van der Waals surface area contributed by atoms with Crippen LogP contribution in [-0.2, 0) is 16.6 Å². The molecule has 4 heterocycles. The summed E-state index contributed by atoms with van der Waals surface area (Å²) in [4.78, 5) is 24.0.